The molecular formula is C26H34BrN3O4S. The molecule has 2 aromatic carbocycles. The highest BCUT2D eigenvalue weighted by Gasteiger charge is 2.33. The lowest BCUT2D eigenvalue weighted by atomic mass is 10.1. The number of nitrogens with one attached hydrogen (secondary N) is 1. The smallest absolute Gasteiger partial charge is 0.244 e. The predicted octanol–water partition coefficient (Wildman–Crippen LogP) is 4.39. The molecule has 1 aliphatic carbocycles. The van der Waals surface area contributed by atoms with Crippen LogP contribution in [0.3, 0.4) is 0 Å². The van der Waals surface area contributed by atoms with Crippen molar-refractivity contribution in [1.29, 1.82) is 0 Å². The predicted molar refractivity (Wildman–Crippen MR) is 143 cm³/mol. The van der Waals surface area contributed by atoms with Gasteiger partial charge in [0.25, 0.3) is 0 Å². The summed E-state index contributed by atoms with van der Waals surface area (Å²) in [6.45, 7) is 3.67. The van der Waals surface area contributed by atoms with Gasteiger partial charge in [0, 0.05) is 17.1 Å². The first-order chi connectivity index (χ1) is 16.6. The Bertz CT molecular complexity index is 1130. The number of anilines is 1. The van der Waals surface area contributed by atoms with Crippen molar-refractivity contribution in [2.75, 3.05) is 17.1 Å². The van der Waals surface area contributed by atoms with E-state index in [1.54, 1.807) is 24.3 Å². The van der Waals surface area contributed by atoms with Gasteiger partial charge in [-0.25, -0.2) is 8.42 Å². The largest absolute Gasteiger partial charge is 0.352 e. The Hall–Kier alpha value is -2.39. The van der Waals surface area contributed by atoms with Crippen molar-refractivity contribution >= 4 is 43.5 Å². The van der Waals surface area contributed by atoms with Gasteiger partial charge < -0.3 is 10.2 Å². The molecule has 0 spiro atoms. The summed E-state index contributed by atoms with van der Waals surface area (Å²) < 4.78 is 27.2. The molecule has 0 aliphatic heterocycles. The fourth-order valence-corrected chi connectivity index (χ4v) is 5.59. The Morgan fingerprint density at radius 2 is 1.71 bits per heavy atom. The summed E-state index contributed by atoms with van der Waals surface area (Å²) in [5.41, 5.74) is 2.31. The SMILES string of the molecule is CCC(C(=O)NC1CCCC1)N(Cc1ccccc1C)C(=O)CN(c1ccc(Br)cc1)S(C)(=O)=O. The van der Waals surface area contributed by atoms with E-state index in [4.69, 9.17) is 0 Å². The summed E-state index contributed by atoms with van der Waals surface area (Å²) in [4.78, 5) is 28.6. The minimum Gasteiger partial charge on any atom is -0.352 e. The van der Waals surface area contributed by atoms with E-state index in [9.17, 15) is 18.0 Å². The number of aryl methyl sites for hydroxylation is 1. The number of hydrogen-bond donors (Lipinski definition) is 1. The molecular weight excluding hydrogens is 530 g/mol. The highest BCUT2D eigenvalue weighted by molar-refractivity contribution is 9.10. The van der Waals surface area contributed by atoms with E-state index in [0.29, 0.717) is 12.1 Å². The maximum Gasteiger partial charge on any atom is 0.244 e. The molecule has 35 heavy (non-hydrogen) atoms. The number of sulfonamides is 1. The number of carbonyl (C=O) groups is 2. The second-order valence-corrected chi connectivity index (χ2v) is 11.9. The molecule has 2 amide bonds. The van der Waals surface area contributed by atoms with Crippen molar-refractivity contribution in [3.63, 3.8) is 0 Å². The Kier molecular flexibility index (Phi) is 9.35. The topological polar surface area (TPSA) is 86.8 Å². The first-order valence-electron chi connectivity index (χ1n) is 12.0. The molecule has 7 nitrogen and oxygen atoms in total. The van der Waals surface area contributed by atoms with Gasteiger partial charge in [0.2, 0.25) is 21.8 Å². The lowest BCUT2D eigenvalue weighted by Gasteiger charge is -2.33. The van der Waals surface area contributed by atoms with E-state index in [1.165, 1.54) is 4.90 Å². The maximum absolute atomic E-state index is 13.7. The molecule has 190 valence electrons. The van der Waals surface area contributed by atoms with Crippen LogP contribution in [0.4, 0.5) is 5.69 Å². The van der Waals surface area contributed by atoms with E-state index in [-0.39, 0.29) is 25.0 Å². The van der Waals surface area contributed by atoms with Crippen LogP contribution in [0.1, 0.15) is 50.2 Å². The summed E-state index contributed by atoms with van der Waals surface area (Å²) >= 11 is 3.36. The number of hydrogen-bond acceptors (Lipinski definition) is 4. The van der Waals surface area contributed by atoms with Gasteiger partial charge in [-0.2, -0.15) is 0 Å². The molecule has 0 radical (unpaired) electrons. The standard InChI is InChI=1S/C26H34BrN3O4S/c1-4-24(26(32)28-22-11-7-8-12-22)29(17-20-10-6-5-9-19(20)2)25(31)18-30(35(3,33)34)23-15-13-21(27)14-16-23/h5-6,9-10,13-16,22,24H,4,7-8,11-12,17-18H2,1-3H3,(H,28,32). The molecule has 1 atom stereocenters. The van der Waals surface area contributed by atoms with Crippen LogP contribution in [0.5, 0.6) is 0 Å². The molecule has 1 N–H and O–H groups in total. The summed E-state index contributed by atoms with van der Waals surface area (Å²) in [5.74, 6) is -0.606. The van der Waals surface area contributed by atoms with Crippen LogP contribution < -0.4 is 9.62 Å². The van der Waals surface area contributed by atoms with Gasteiger partial charge in [0.05, 0.1) is 11.9 Å². The van der Waals surface area contributed by atoms with Crippen molar-refractivity contribution in [2.24, 2.45) is 0 Å². The second kappa shape index (κ2) is 12.0. The van der Waals surface area contributed by atoms with E-state index < -0.39 is 22.0 Å². The van der Waals surface area contributed by atoms with Gasteiger partial charge in [-0.05, 0) is 61.6 Å². The van der Waals surface area contributed by atoms with Crippen molar-refractivity contribution in [3.05, 3.63) is 64.1 Å². The quantitative estimate of drug-likeness (QED) is 0.464. The highest BCUT2D eigenvalue weighted by atomic mass is 79.9. The Labute approximate surface area is 217 Å². The monoisotopic (exact) mass is 563 g/mol. The summed E-state index contributed by atoms with van der Waals surface area (Å²) in [6, 6.07) is 13.9. The third-order valence-corrected chi connectivity index (χ3v) is 8.15. The van der Waals surface area contributed by atoms with Crippen molar-refractivity contribution in [3.8, 4) is 0 Å². The molecule has 0 bridgehead atoms. The highest BCUT2D eigenvalue weighted by Crippen LogP contribution is 2.23. The number of rotatable bonds is 10. The molecule has 0 saturated heterocycles. The Morgan fingerprint density at radius 1 is 1.09 bits per heavy atom. The zero-order valence-electron chi connectivity index (χ0n) is 20.5. The second-order valence-electron chi connectivity index (χ2n) is 9.11. The van der Waals surface area contributed by atoms with Crippen LogP contribution in [0.2, 0.25) is 0 Å². The maximum atomic E-state index is 13.7. The van der Waals surface area contributed by atoms with Gasteiger partial charge >= 0.3 is 0 Å². The minimum atomic E-state index is -3.74. The van der Waals surface area contributed by atoms with E-state index in [2.05, 4.69) is 21.2 Å². The fraction of sp³-hybridized carbons (Fsp3) is 0.462. The molecule has 1 fully saturated rings. The molecule has 0 aromatic heterocycles. The molecule has 1 saturated carbocycles. The molecule has 3 rings (SSSR count). The summed E-state index contributed by atoms with van der Waals surface area (Å²) in [6.07, 6.45) is 5.57. The van der Waals surface area contributed by atoms with Gasteiger partial charge in [-0.15, -0.1) is 0 Å². The number of halogens is 1. The van der Waals surface area contributed by atoms with Crippen molar-refractivity contribution < 1.29 is 18.0 Å². The molecule has 0 heterocycles. The fourth-order valence-electron chi connectivity index (χ4n) is 4.48. The van der Waals surface area contributed by atoms with E-state index in [1.807, 2.05) is 38.1 Å². The van der Waals surface area contributed by atoms with E-state index in [0.717, 1.165) is 51.8 Å². The average Bonchev–Trinajstić information content (AvgIpc) is 3.31. The van der Waals surface area contributed by atoms with Crippen molar-refractivity contribution in [2.45, 2.75) is 64.6 Å². The number of nitrogens with zero attached hydrogens (tertiary/aromatic N) is 2. The number of carbonyl (C=O) groups excluding carboxylic acids is 2. The van der Waals surface area contributed by atoms with Gasteiger partial charge in [0.1, 0.15) is 12.6 Å². The number of benzene rings is 2. The molecule has 1 unspecified atom stereocenters. The van der Waals surface area contributed by atoms with Gasteiger partial charge in [-0.1, -0.05) is 60.0 Å². The first kappa shape index (κ1) is 27.2. The van der Waals surface area contributed by atoms with Crippen LogP contribution in [-0.2, 0) is 26.2 Å². The third-order valence-electron chi connectivity index (χ3n) is 6.48. The number of amides is 2. The Balaban J connectivity index is 1.92. The summed E-state index contributed by atoms with van der Waals surface area (Å²) in [5, 5.41) is 3.12. The first-order valence-corrected chi connectivity index (χ1v) is 14.6. The average molecular weight is 565 g/mol. The lowest BCUT2D eigenvalue weighted by Crippen LogP contribution is -2.53. The minimum absolute atomic E-state index is 0.127. The summed E-state index contributed by atoms with van der Waals surface area (Å²) in [7, 11) is -3.74. The molecule has 1 aliphatic rings. The third kappa shape index (κ3) is 7.30. The van der Waals surface area contributed by atoms with Crippen LogP contribution in [0.15, 0.2) is 53.0 Å². The van der Waals surface area contributed by atoms with Crippen LogP contribution in [0.25, 0.3) is 0 Å². The molecule has 9 heteroatoms. The van der Waals surface area contributed by atoms with E-state index >= 15 is 0 Å². The molecule has 2 aromatic rings. The normalized spacial score (nSPS) is 15.0. The van der Waals surface area contributed by atoms with Crippen molar-refractivity contribution in [1.82, 2.24) is 10.2 Å². The zero-order valence-corrected chi connectivity index (χ0v) is 22.9. The zero-order chi connectivity index (χ0) is 25.6. The van der Waals surface area contributed by atoms with Crippen LogP contribution in [0, 0.1) is 6.92 Å². The van der Waals surface area contributed by atoms with Crippen LogP contribution >= 0.6 is 15.9 Å². The van der Waals surface area contributed by atoms with Crippen LogP contribution in [-0.4, -0.2) is 50.0 Å². The Morgan fingerprint density at radius 3 is 2.29 bits per heavy atom. The lowest BCUT2D eigenvalue weighted by molar-refractivity contribution is -0.140. The van der Waals surface area contributed by atoms with Gasteiger partial charge in [0.15, 0.2) is 0 Å². The van der Waals surface area contributed by atoms with Gasteiger partial charge in [-0.3, -0.25) is 13.9 Å².